The Bertz CT molecular complexity index is 706. The van der Waals surface area contributed by atoms with Crippen LogP contribution in [0.3, 0.4) is 0 Å². The number of nitrogens with zero attached hydrogens (tertiary/aromatic N) is 1. The molecule has 0 amide bonds. The van der Waals surface area contributed by atoms with Crippen LogP contribution in [0.1, 0.15) is 115 Å². The SMILES string of the molecule is CCCCCCCCCCCCCCCCOP(=O)(O)OC1CC[N+](C)(CCc2ccccc2)CC1. The molecule has 0 aliphatic carbocycles. The number of hydrogen-bond donors (Lipinski definition) is 1. The van der Waals surface area contributed by atoms with Gasteiger partial charge in [0, 0.05) is 19.3 Å². The summed E-state index contributed by atoms with van der Waals surface area (Å²) in [5, 5.41) is 0. The Morgan fingerprint density at radius 3 is 1.86 bits per heavy atom. The molecule has 6 heteroatoms. The molecule has 0 saturated carbocycles. The van der Waals surface area contributed by atoms with E-state index in [1.165, 1.54) is 82.6 Å². The van der Waals surface area contributed by atoms with Gasteiger partial charge in [0.05, 0.1) is 39.4 Å². The van der Waals surface area contributed by atoms with Gasteiger partial charge < -0.3 is 9.38 Å². The third kappa shape index (κ3) is 14.9. The number of likely N-dealkylation sites (tertiary alicyclic amines) is 1. The summed E-state index contributed by atoms with van der Waals surface area (Å²) in [7, 11) is -1.68. The zero-order chi connectivity index (χ0) is 26.0. The fourth-order valence-corrected chi connectivity index (χ4v) is 6.24. The van der Waals surface area contributed by atoms with Gasteiger partial charge in [-0.1, -0.05) is 121 Å². The first-order valence-corrected chi connectivity index (χ1v) is 16.5. The largest absolute Gasteiger partial charge is 0.472 e. The zero-order valence-electron chi connectivity index (χ0n) is 23.4. The second-order valence-electron chi connectivity index (χ2n) is 11.2. The molecule has 1 fully saturated rings. The van der Waals surface area contributed by atoms with Crippen LogP contribution in [-0.2, 0) is 20.0 Å². The lowest BCUT2D eigenvalue weighted by Gasteiger charge is -2.40. The smallest absolute Gasteiger partial charge is 0.326 e. The van der Waals surface area contributed by atoms with Crippen molar-refractivity contribution in [2.75, 3.05) is 33.3 Å². The van der Waals surface area contributed by atoms with E-state index < -0.39 is 7.82 Å². The Morgan fingerprint density at radius 1 is 0.833 bits per heavy atom. The summed E-state index contributed by atoms with van der Waals surface area (Å²) < 4.78 is 24.2. The van der Waals surface area contributed by atoms with Crippen LogP contribution in [0.15, 0.2) is 30.3 Å². The summed E-state index contributed by atoms with van der Waals surface area (Å²) in [4.78, 5) is 10.2. The number of unbranched alkanes of at least 4 members (excludes halogenated alkanes) is 13. The molecule has 0 bridgehead atoms. The summed E-state index contributed by atoms with van der Waals surface area (Å²) in [5.41, 5.74) is 1.37. The van der Waals surface area contributed by atoms with Crippen LogP contribution in [0.25, 0.3) is 0 Å². The molecule has 1 saturated heterocycles. The third-order valence-corrected chi connectivity index (χ3v) is 8.87. The first-order valence-electron chi connectivity index (χ1n) is 15.0. The van der Waals surface area contributed by atoms with Crippen molar-refractivity contribution in [2.24, 2.45) is 0 Å². The predicted molar refractivity (Wildman–Crippen MR) is 151 cm³/mol. The van der Waals surface area contributed by atoms with E-state index in [2.05, 4.69) is 44.3 Å². The molecule has 1 aromatic rings. The predicted octanol–water partition coefficient (Wildman–Crippen LogP) is 8.45. The van der Waals surface area contributed by atoms with E-state index in [9.17, 15) is 9.46 Å². The molecule has 0 spiro atoms. The van der Waals surface area contributed by atoms with Crippen molar-refractivity contribution in [1.82, 2.24) is 0 Å². The van der Waals surface area contributed by atoms with E-state index >= 15 is 0 Å². The van der Waals surface area contributed by atoms with E-state index in [0.29, 0.717) is 6.61 Å². The molecule has 1 aromatic carbocycles. The number of phosphoric acid groups is 1. The number of phosphoric ester groups is 1. The highest BCUT2D eigenvalue weighted by atomic mass is 31.2. The lowest BCUT2D eigenvalue weighted by atomic mass is 10.0. The number of likely N-dealkylation sites (N-methyl/N-ethyl adjacent to an activating group) is 1. The molecule has 0 radical (unpaired) electrons. The van der Waals surface area contributed by atoms with Gasteiger partial charge in [0.1, 0.15) is 0 Å². The van der Waals surface area contributed by atoms with E-state index in [1.54, 1.807) is 0 Å². The Hall–Kier alpha value is -0.710. The Kier molecular flexibility index (Phi) is 16.2. The Labute approximate surface area is 222 Å². The number of benzene rings is 1. The first kappa shape index (κ1) is 31.5. The van der Waals surface area contributed by atoms with Gasteiger partial charge in [0.15, 0.2) is 0 Å². The monoisotopic (exact) mass is 524 g/mol. The molecule has 1 atom stereocenters. The minimum atomic E-state index is -3.96. The maximum atomic E-state index is 12.4. The molecule has 1 N–H and O–H groups in total. The highest BCUT2D eigenvalue weighted by Gasteiger charge is 2.34. The van der Waals surface area contributed by atoms with Gasteiger partial charge in [-0.15, -0.1) is 0 Å². The van der Waals surface area contributed by atoms with Crippen molar-refractivity contribution in [3.63, 3.8) is 0 Å². The molecular formula is C30H55NO4P+. The molecule has 5 nitrogen and oxygen atoms in total. The van der Waals surface area contributed by atoms with Gasteiger partial charge in [-0.05, 0) is 12.0 Å². The van der Waals surface area contributed by atoms with Gasteiger partial charge in [-0.2, -0.15) is 0 Å². The van der Waals surface area contributed by atoms with Crippen LogP contribution in [0.4, 0.5) is 0 Å². The molecule has 1 aliphatic heterocycles. The van der Waals surface area contributed by atoms with Gasteiger partial charge in [0.25, 0.3) is 0 Å². The standard InChI is InChI=1S/C30H54NO4P/c1-3-4-5-6-7-8-9-10-11-12-13-14-15-19-28-34-36(32,33)35-30-23-26-31(2,27-24-30)25-22-29-20-17-16-18-21-29/h16-18,20-21,30H,3-15,19,22-28H2,1-2H3/p+1. The van der Waals surface area contributed by atoms with Crippen molar-refractivity contribution in [3.05, 3.63) is 35.9 Å². The average molecular weight is 525 g/mol. The van der Waals surface area contributed by atoms with Gasteiger partial charge >= 0.3 is 7.82 Å². The summed E-state index contributed by atoms with van der Waals surface area (Å²) in [6, 6.07) is 10.6. The van der Waals surface area contributed by atoms with Crippen LogP contribution in [0.2, 0.25) is 0 Å². The Balaban J connectivity index is 1.43. The van der Waals surface area contributed by atoms with E-state index in [-0.39, 0.29) is 6.10 Å². The topological polar surface area (TPSA) is 55.8 Å². The molecule has 36 heavy (non-hydrogen) atoms. The maximum absolute atomic E-state index is 12.4. The maximum Gasteiger partial charge on any atom is 0.472 e. The van der Waals surface area contributed by atoms with E-state index in [0.717, 1.165) is 56.2 Å². The lowest BCUT2D eigenvalue weighted by molar-refractivity contribution is -0.914. The van der Waals surface area contributed by atoms with Crippen molar-refractivity contribution in [3.8, 4) is 0 Å². The summed E-state index contributed by atoms with van der Waals surface area (Å²) in [6.45, 7) is 5.60. The van der Waals surface area contributed by atoms with Crippen LogP contribution in [-0.4, -0.2) is 48.8 Å². The van der Waals surface area contributed by atoms with Crippen molar-refractivity contribution in [1.29, 1.82) is 0 Å². The molecular weight excluding hydrogens is 469 g/mol. The van der Waals surface area contributed by atoms with E-state index in [1.807, 2.05) is 0 Å². The van der Waals surface area contributed by atoms with Crippen molar-refractivity contribution >= 4 is 7.82 Å². The molecule has 2 rings (SSSR count). The highest BCUT2D eigenvalue weighted by Crippen LogP contribution is 2.46. The minimum Gasteiger partial charge on any atom is -0.326 e. The van der Waals surface area contributed by atoms with Gasteiger partial charge in [-0.3, -0.25) is 9.05 Å². The Morgan fingerprint density at radius 2 is 1.33 bits per heavy atom. The molecule has 1 aliphatic rings. The van der Waals surface area contributed by atoms with Gasteiger partial charge in [0.2, 0.25) is 0 Å². The summed E-state index contributed by atoms with van der Waals surface area (Å²) in [6.07, 6.45) is 20.6. The van der Waals surface area contributed by atoms with Crippen LogP contribution < -0.4 is 0 Å². The highest BCUT2D eigenvalue weighted by molar-refractivity contribution is 7.47. The quantitative estimate of drug-likeness (QED) is 0.0995. The molecule has 0 aromatic heterocycles. The van der Waals surface area contributed by atoms with Crippen LogP contribution in [0, 0.1) is 0 Å². The normalized spacial score (nSPS) is 21.9. The number of hydrogen-bond acceptors (Lipinski definition) is 3. The van der Waals surface area contributed by atoms with Crippen LogP contribution >= 0.6 is 7.82 Å². The third-order valence-electron chi connectivity index (χ3n) is 7.80. The minimum absolute atomic E-state index is 0.180. The summed E-state index contributed by atoms with van der Waals surface area (Å²) >= 11 is 0. The molecule has 208 valence electrons. The molecule has 1 unspecified atom stereocenters. The van der Waals surface area contributed by atoms with Crippen molar-refractivity contribution < 1.29 is 23.0 Å². The number of piperidine rings is 1. The second kappa shape index (κ2) is 18.5. The first-order chi connectivity index (χ1) is 17.4. The zero-order valence-corrected chi connectivity index (χ0v) is 24.3. The second-order valence-corrected chi connectivity index (χ2v) is 12.6. The van der Waals surface area contributed by atoms with Crippen molar-refractivity contribution in [2.45, 2.75) is 122 Å². The average Bonchev–Trinajstić information content (AvgIpc) is 2.87. The number of rotatable bonds is 21. The molecule has 1 heterocycles. The van der Waals surface area contributed by atoms with Gasteiger partial charge in [-0.25, -0.2) is 4.57 Å². The summed E-state index contributed by atoms with van der Waals surface area (Å²) in [5.74, 6) is 0. The number of quaternary nitrogens is 1. The fraction of sp³-hybridized carbons (Fsp3) is 0.800. The van der Waals surface area contributed by atoms with E-state index in [4.69, 9.17) is 9.05 Å². The lowest BCUT2D eigenvalue weighted by Crippen LogP contribution is -2.52. The fourth-order valence-electron chi connectivity index (χ4n) is 5.24. The van der Waals surface area contributed by atoms with Crippen LogP contribution in [0.5, 0.6) is 0 Å².